The zero-order valence-corrected chi connectivity index (χ0v) is 9.01. The van der Waals surface area contributed by atoms with Crippen molar-refractivity contribution in [3.05, 3.63) is 41.6 Å². The summed E-state index contributed by atoms with van der Waals surface area (Å²) in [5, 5.41) is 0. The predicted molar refractivity (Wildman–Crippen MR) is 57.7 cm³/mol. The fraction of sp³-hybridized carbons (Fsp3) is 0.273. The molecule has 0 fully saturated rings. The summed E-state index contributed by atoms with van der Waals surface area (Å²) < 4.78 is 10.5. The minimum atomic E-state index is 0.328. The number of hydrogen-bond donors (Lipinski definition) is 1. The van der Waals surface area contributed by atoms with E-state index in [2.05, 4.69) is 9.97 Å². The molecular weight excluding hydrogens is 206 g/mol. The van der Waals surface area contributed by atoms with Crippen LogP contribution in [0.1, 0.15) is 17.0 Å². The number of rotatable bonds is 4. The Balaban J connectivity index is 2.02. The van der Waals surface area contributed by atoms with Crippen LogP contribution in [0.2, 0.25) is 0 Å². The Bertz CT molecular complexity index is 454. The van der Waals surface area contributed by atoms with Gasteiger partial charge in [0.25, 0.3) is 0 Å². The lowest BCUT2D eigenvalue weighted by Crippen LogP contribution is -2.05. The lowest BCUT2D eigenvalue weighted by Gasteiger charge is -2.05. The topological polar surface area (TPSA) is 74.2 Å². The van der Waals surface area contributed by atoms with Gasteiger partial charge in [-0.25, -0.2) is 9.97 Å². The number of hydrogen-bond acceptors (Lipinski definition) is 5. The highest BCUT2D eigenvalue weighted by molar-refractivity contribution is 5.17. The van der Waals surface area contributed by atoms with Crippen LogP contribution < -0.4 is 10.5 Å². The third kappa shape index (κ3) is 2.38. The fourth-order valence-corrected chi connectivity index (χ4v) is 1.27. The fourth-order valence-electron chi connectivity index (χ4n) is 1.27. The molecule has 16 heavy (non-hydrogen) atoms. The minimum absolute atomic E-state index is 0.328. The van der Waals surface area contributed by atoms with Crippen molar-refractivity contribution in [1.29, 1.82) is 0 Å². The van der Waals surface area contributed by atoms with E-state index >= 15 is 0 Å². The number of nitrogens with zero attached hydrogens (tertiary/aromatic N) is 2. The molecular formula is C11H13N3O2. The molecule has 0 spiro atoms. The molecule has 0 bridgehead atoms. The van der Waals surface area contributed by atoms with E-state index in [-0.39, 0.29) is 0 Å². The van der Waals surface area contributed by atoms with Crippen LogP contribution in [0.5, 0.6) is 6.01 Å². The highest BCUT2D eigenvalue weighted by Crippen LogP contribution is 2.10. The molecule has 5 nitrogen and oxygen atoms in total. The van der Waals surface area contributed by atoms with Gasteiger partial charge in [-0.15, -0.1) is 0 Å². The summed E-state index contributed by atoms with van der Waals surface area (Å²) in [7, 11) is 0. The van der Waals surface area contributed by atoms with E-state index in [0.29, 0.717) is 19.2 Å². The average molecular weight is 219 g/mol. The van der Waals surface area contributed by atoms with Crippen LogP contribution in [0.3, 0.4) is 0 Å². The Labute approximate surface area is 93.3 Å². The molecule has 0 aliphatic heterocycles. The second kappa shape index (κ2) is 4.76. The number of ether oxygens (including phenoxy) is 1. The standard InChI is InChI=1S/C11H13N3O2/c1-8-9(5-12)6-13-11(14-8)16-7-10-3-2-4-15-10/h2-4,6H,5,7,12H2,1H3. The number of furan rings is 1. The van der Waals surface area contributed by atoms with E-state index in [0.717, 1.165) is 17.0 Å². The first-order valence-corrected chi connectivity index (χ1v) is 4.97. The molecule has 0 amide bonds. The van der Waals surface area contributed by atoms with Gasteiger partial charge >= 0.3 is 6.01 Å². The highest BCUT2D eigenvalue weighted by Gasteiger charge is 2.04. The molecule has 0 saturated heterocycles. The summed E-state index contributed by atoms with van der Waals surface area (Å²) in [6, 6.07) is 3.98. The smallest absolute Gasteiger partial charge is 0.317 e. The molecule has 0 saturated carbocycles. The first-order valence-electron chi connectivity index (χ1n) is 4.97. The van der Waals surface area contributed by atoms with E-state index in [1.54, 1.807) is 12.5 Å². The summed E-state index contributed by atoms with van der Waals surface area (Å²) in [6.45, 7) is 2.64. The average Bonchev–Trinajstić information content (AvgIpc) is 2.79. The van der Waals surface area contributed by atoms with Crippen molar-refractivity contribution in [3.8, 4) is 6.01 Å². The first kappa shape index (κ1) is 10.6. The van der Waals surface area contributed by atoms with Crippen LogP contribution in [0, 0.1) is 6.92 Å². The lowest BCUT2D eigenvalue weighted by atomic mass is 10.2. The zero-order valence-electron chi connectivity index (χ0n) is 9.01. The maximum atomic E-state index is 5.52. The quantitative estimate of drug-likeness (QED) is 0.841. The summed E-state index contributed by atoms with van der Waals surface area (Å²) in [5.41, 5.74) is 7.28. The van der Waals surface area contributed by atoms with Gasteiger partial charge in [0, 0.05) is 24.0 Å². The Morgan fingerprint density at radius 2 is 2.38 bits per heavy atom. The van der Waals surface area contributed by atoms with Crippen molar-refractivity contribution in [2.75, 3.05) is 0 Å². The molecule has 0 atom stereocenters. The van der Waals surface area contributed by atoms with E-state index in [9.17, 15) is 0 Å². The second-order valence-electron chi connectivity index (χ2n) is 3.34. The van der Waals surface area contributed by atoms with Gasteiger partial charge in [-0.3, -0.25) is 0 Å². The van der Waals surface area contributed by atoms with Crippen LogP contribution in [-0.4, -0.2) is 9.97 Å². The Kier molecular flexibility index (Phi) is 3.16. The van der Waals surface area contributed by atoms with Crippen LogP contribution in [0.4, 0.5) is 0 Å². The molecule has 0 unspecified atom stereocenters. The summed E-state index contributed by atoms with van der Waals surface area (Å²) in [5.74, 6) is 0.740. The van der Waals surface area contributed by atoms with Gasteiger partial charge in [-0.1, -0.05) is 0 Å². The molecule has 2 aromatic heterocycles. The molecule has 5 heteroatoms. The molecule has 2 rings (SSSR count). The van der Waals surface area contributed by atoms with Crippen molar-refractivity contribution in [2.24, 2.45) is 5.73 Å². The third-order valence-electron chi connectivity index (χ3n) is 2.20. The summed E-state index contributed by atoms with van der Waals surface area (Å²) in [6.07, 6.45) is 3.28. The molecule has 0 radical (unpaired) electrons. The minimum Gasteiger partial charge on any atom is -0.466 e. The Morgan fingerprint density at radius 3 is 3.00 bits per heavy atom. The first-order chi connectivity index (χ1) is 7.79. The van der Waals surface area contributed by atoms with Crippen LogP contribution in [-0.2, 0) is 13.2 Å². The maximum absolute atomic E-state index is 5.52. The van der Waals surface area contributed by atoms with Crippen molar-refractivity contribution < 1.29 is 9.15 Å². The van der Waals surface area contributed by atoms with Gasteiger partial charge in [-0.2, -0.15) is 0 Å². The van der Waals surface area contributed by atoms with Gasteiger partial charge in [0.2, 0.25) is 0 Å². The zero-order chi connectivity index (χ0) is 11.4. The van der Waals surface area contributed by atoms with Gasteiger partial charge in [-0.05, 0) is 19.1 Å². The molecule has 0 aliphatic carbocycles. The maximum Gasteiger partial charge on any atom is 0.317 e. The van der Waals surface area contributed by atoms with Crippen molar-refractivity contribution in [2.45, 2.75) is 20.1 Å². The number of aryl methyl sites for hydroxylation is 1. The van der Waals surface area contributed by atoms with Crippen molar-refractivity contribution in [1.82, 2.24) is 9.97 Å². The van der Waals surface area contributed by atoms with E-state index in [1.165, 1.54) is 0 Å². The van der Waals surface area contributed by atoms with Gasteiger partial charge in [0.05, 0.1) is 6.26 Å². The monoisotopic (exact) mass is 219 g/mol. The van der Waals surface area contributed by atoms with Gasteiger partial charge in [0.15, 0.2) is 0 Å². The molecule has 2 aromatic rings. The second-order valence-corrected chi connectivity index (χ2v) is 3.34. The SMILES string of the molecule is Cc1nc(OCc2ccco2)ncc1CN. The van der Waals surface area contributed by atoms with Crippen LogP contribution >= 0.6 is 0 Å². The normalized spacial score (nSPS) is 10.4. The largest absolute Gasteiger partial charge is 0.466 e. The number of aromatic nitrogens is 2. The molecule has 0 aliphatic rings. The summed E-state index contributed by atoms with van der Waals surface area (Å²) in [4.78, 5) is 8.24. The van der Waals surface area contributed by atoms with Gasteiger partial charge in [0.1, 0.15) is 12.4 Å². The van der Waals surface area contributed by atoms with E-state index in [4.69, 9.17) is 14.9 Å². The van der Waals surface area contributed by atoms with Crippen LogP contribution in [0.25, 0.3) is 0 Å². The molecule has 0 aromatic carbocycles. The van der Waals surface area contributed by atoms with Crippen molar-refractivity contribution in [3.63, 3.8) is 0 Å². The molecule has 84 valence electrons. The van der Waals surface area contributed by atoms with Crippen LogP contribution in [0.15, 0.2) is 29.0 Å². The predicted octanol–water partition coefficient (Wildman–Crippen LogP) is 1.42. The van der Waals surface area contributed by atoms with Crippen molar-refractivity contribution >= 4 is 0 Å². The molecule has 2 N–H and O–H groups in total. The third-order valence-corrected chi connectivity index (χ3v) is 2.20. The highest BCUT2D eigenvalue weighted by atomic mass is 16.5. The molecule has 2 heterocycles. The number of nitrogens with two attached hydrogens (primary N) is 1. The summed E-state index contributed by atoms with van der Waals surface area (Å²) >= 11 is 0. The van der Waals surface area contributed by atoms with E-state index < -0.39 is 0 Å². The van der Waals surface area contributed by atoms with Gasteiger partial charge < -0.3 is 14.9 Å². The van der Waals surface area contributed by atoms with E-state index in [1.807, 2.05) is 19.1 Å². The Hall–Kier alpha value is -1.88. The Morgan fingerprint density at radius 1 is 1.50 bits per heavy atom. The lowest BCUT2D eigenvalue weighted by molar-refractivity contribution is 0.249.